The largest absolute Gasteiger partial charge is 0.493 e. The Balaban J connectivity index is 1.47. The molecule has 1 fully saturated rings. The molecule has 0 radical (unpaired) electrons. The van der Waals surface area contributed by atoms with E-state index in [2.05, 4.69) is 10.6 Å². The van der Waals surface area contributed by atoms with Gasteiger partial charge in [-0.1, -0.05) is 6.07 Å². The highest BCUT2D eigenvalue weighted by molar-refractivity contribution is 5.97. The van der Waals surface area contributed by atoms with E-state index < -0.39 is 0 Å². The number of halogens is 1. The van der Waals surface area contributed by atoms with E-state index >= 15 is 0 Å². The third kappa shape index (κ3) is 5.31. The summed E-state index contributed by atoms with van der Waals surface area (Å²) in [5.74, 6) is -0.177. The average molecular weight is 342 g/mol. The normalized spacial score (nSPS) is 13.2. The monoisotopic (exact) mass is 342 g/mol. The molecule has 130 valence electrons. The van der Waals surface area contributed by atoms with Crippen LogP contribution in [0.25, 0.3) is 0 Å². The predicted molar refractivity (Wildman–Crippen MR) is 92.1 cm³/mol. The van der Waals surface area contributed by atoms with Crippen LogP contribution in [0, 0.1) is 5.82 Å². The molecule has 0 unspecified atom stereocenters. The molecular formula is C19H19FN2O3. The van der Waals surface area contributed by atoms with Gasteiger partial charge in [0.25, 0.3) is 5.91 Å². The zero-order valence-corrected chi connectivity index (χ0v) is 13.6. The van der Waals surface area contributed by atoms with Crippen LogP contribution in [0.2, 0.25) is 0 Å². The summed E-state index contributed by atoms with van der Waals surface area (Å²) in [6.45, 7) is 0.180. The summed E-state index contributed by atoms with van der Waals surface area (Å²) in [7, 11) is 0. The molecular weight excluding hydrogens is 323 g/mol. The maximum atomic E-state index is 12.8. The fourth-order valence-corrected chi connectivity index (χ4v) is 2.25. The maximum Gasteiger partial charge on any atom is 0.251 e. The average Bonchev–Trinajstić information content (AvgIpc) is 3.41. The Hall–Kier alpha value is -2.89. The second kappa shape index (κ2) is 7.79. The lowest BCUT2D eigenvalue weighted by atomic mass is 10.2. The highest BCUT2D eigenvalue weighted by Gasteiger charge is 2.23. The minimum absolute atomic E-state index is 0.127. The van der Waals surface area contributed by atoms with Gasteiger partial charge in [-0.2, -0.15) is 0 Å². The fourth-order valence-electron chi connectivity index (χ4n) is 2.25. The van der Waals surface area contributed by atoms with Gasteiger partial charge in [-0.25, -0.2) is 4.39 Å². The topological polar surface area (TPSA) is 67.4 Å². The van der Waals surface area contributed by atoms with Crippen molar-refractivity contribution in [3.8, 4) is 5.75 Å². The van der Waals surface area contributed by atoms with Crippen LogP contribution in [0.1, 0.15) is 29.6 Å². The van der Waals surface area contributed by atoms with Crippen molar-refractivity contribution in [2.45, 2.75) is 25.3 Å². The first kappa shape index (κ1) is 17.0. The molecule has 0 heterocycles. The summed E-state index contributed by atoms with van der Waals surface area (Å²) in [5.41, 5.74) is 1.09. The molecule has 2 N–H and O–H groups in total. The Kier molecular flexibility index (Phi) is 5.28. The molecule has 1 aliphatic rings. The van der Waals surface area contributed by atoms with Gasteiger partial charge in [-0.15, -0.1) is 0 Å². The molecule has 0 bridgehead atoms. The minimum Gasteiger partial charge on any atom is -0.493 e. The van der Waals surface area contributed by atoms with Crippen molar-refractivity contribution >= 4 is 17.5 Å². The Morgan fingerprint density at radius 1 is 1.12 bits per heavy atom. The zero-order valence-electron chi connectivity index (χ0n) is 13.6. The van der Waals surface area contributed by atoms with Gasteiger partial charge in [0, 0.05) is 17.3 Å². The van der Waals surface area contributed by atoms with Gasteiger partial charge in [0.2, 0.25) is 5.91 Å². The smallest absolute Gasteiger partial charge is 0.251 e. The van der Waals surface area contributed by atoms with E-state index in [0.717, 1.165) is 12.8 Å². The van der Waals surface area contributed by atoms with Crippen LogP contribution in [-0.2, 0) is 4.79 Å². The summed E-state index contributed by atoms with van der Waals surface area (Å²) in [4.78, 5) is 24.0. The van der Waals surface area contributed by atoms with Gasteiger partial charge in [0.1, 0.15) is 11.6 Å². The summed E-state index contributed by atoms with van der Waals surface area (Å²) >= 11 is 0. The summed E-state index contributed by atoms with van der Waals surface area (Å²) in [6.07, 6.45) is 2.20. The van der Waals surface area contributed by atoms with E-state index in [0.29, 0.717) is 17.0 Å². The van der Waals surface area contributed by atoms with E-state index in [1.807, 2.05) is 0 Å². The van der Waals surface area contributed by atoms with Crippen molar-refractivity contribution < 1.29 is 18.7 Å². The van der Waals surface area contributed by atoms with E-state index in [9.17, 15) is 14.0 Å². The number of ether oxygens (including phenoxy) is 1. The number of amides is 2. The fraction of sp³-hybridized carbons (Fsp3) is 0.263. The second-order valence-electron chi connectivity index (χ2n) is 5.93. The quantitative estimate of drug-likeness (QED) is 0.812. The molecule has 25 heavy (non-hydrogen) atoms. The molecule has 2 amide bonds. The first-order chi connectivity index (χ1) is 12.1. The van der Waals surface area contributed by atoms with Gasteiger partial charge in [-0.3, -0.25) is 9.59 Å². The molecule has 2 aromatic carbocycles. The van der Waals surface area contributed by atoms with Crippen LogP contribution in [0.15, 0.2) is 48.5 Å². The number of hydrogen-bond donors (Lipinski definition) is 2. The molecule has 1 saturated carbocycles. The third-order valence-electron chi connectivity index (χ3n) is 3.73. The molecule has 2 aromatic rings. The Morgan fingerprint density at radius 2 is 1.88 bits per heavy atom. The number of carbonyl (C=O) groups is 2. The Bertz CT molecular complexity index is 758. The van der Waals surface area contributed by atoms with Crippen LogP contribution >= 0.6 is 0 Å². The maximum absolute atomic E-state index is 12.8. The number of rotatable bonds is 7. The van der Waals surface area contributed by atoms with Crippen LogP contribution < -0.4 is 15.4 Å². The summed E-state index contributed by atoms with van der Waals surface area (Å²) < 4.78 is 18.2. The molecule has 5 nitrogen and oxygen atoms in total. The van der Waals surface area contributed by atoms with E-state index in [-0.39, 0.29) is 36.7 Å². The lowest BCUT2D eigenvalue weighted by Crippen LogP contribution is -2.25. The van der Waals surface area contributed by atoms with Crippen molar-refractivity contribution in [1.29, 1.82) is 0 Å². The molecule has 0 saturated heterocycles. The van der Waals surface area contributed by atoms with Crippen LogP contribution in [0.3, 0.4) is 0 Å². The van der Waals surface area contributed by atoms with E-state index in [1.54, 1.807) is 24.3 Å². The first-order valence-electron chi connectivity index (χ1n) is 8.19. The molecule has 0 atom stereocenters. The van der Waals surface area contributed by atoms with Gasteiger partial charge in [0.15, 0.2) is 0 Å². The number of benzene rings is 2. The van der Waals surface area contributed by atoms with E-state index in [1.165, 1.54) is 24.3 Å². The van der Waals surface area contributed by atoms with Crippen molar-refractivity contribution in [1.82, 2.24) is 5.32 Å². The number of carbonyl (C=O) groups excluding carboxylic acids is 2. The molecule has 3 rings (SSSR count). The predicted octanol–water partition coefficient (Wildman–Crippen LogP) is 3.13. The van der Waals surface area contributed by atoms with Crippen LogP contribution in [-0.4, -0.2) is 24.5 Å². The number of nitrogens with one attached hydrogen (secondary N) is 2. The van der Waals surface area contributed by atoms with Gasteiger partial charge in [-0.05, 0) is 55.3 Å². The SMILES string of the molecule is O=C(CCOc1ccc(F)cc1)Nc1cccc(C(=O)NC2CC2)c1. The Morgan fingerprint density at radius 3 is 2.60 bits per heavy atom. The van der Waals surface area contributed by atoms with Crippen molar-refractivity contribution in [2.75, 3.05) is 11.9 Å². The molecule has 0 aromatic heterocycles. The summed E-state index contributed by atoms with van der Waals surface area (Å²) in [6, 6.07) is 12.7. The lowest BCUT2D eigenvalue weighted by Gasteiger charge is -2.09. The number of hydrogen-bond acceptors (Lipinski definition) is 3. The molecule has 6 heteroatoms. The van der Waals surface area contributed by atoms with Crippen LogP contribution in [0.4, 0.5) is 10.1 Å². The standard InChI is InChI=1S/C19H19FN2O3/c20-14-4-8-17(9-5-14)25-11-10-18(23)21-16-3-1-2-13(12-16)19(24)22-15-6-7-15/h1-5,8-9,12,15H,6-7,10-11H2,(H,21,23)(H,22,24). The number of anilines is 1. The van der Waals surface area contributed by atoms with Crippen molar-refractivity contribution in [3.05, 3.63) is 59.9 Å². The molecule has 1 aliphatic carbocycles. The van der Waals surface area contributed by atoms with E-state index in [4.69, 9.17) is 4.74 Å². The first-order valence-corrected chi connectivity index (χ1v) is 8.19. The Labute approximate surface area is 145 Å². The zero-order chi connectivity index (χ0) is 17.6. The van der Waals surface area contributed by atoms with Crippen LogP contribution in [0.5, 0.6) is 5.75 Å². The third-order valence-corrected chi connectivity index (χ3v) is 3.73. The van der Waals surface area contributed by atoms with Gasteiger partial charge >= 0.3 is 0 Å². The van der Waals surface area contributed by atoms with Gasteiger partial charge < -0.3 is 15.4 Å². The van der Waals surface area contributed by atoms with Gasteiger partial charge in [0.05, 0.1) is 13.0 Å². The van der Waals surface area contributed by atoms with Crippen molar-refractivity contribution in [2.24, 2.45) is 0 Å². The molecule has 0 spiro atoms. The minimum atomic E-state index is -0.337. The molecule has 0 aliphatic heterocycles. The van der Waals surface area contributed by atoms with Crippen molar-refractivity contribution in [3.63, 3.8) is 0 Å². The summed E-state index contributed by atoms with van der Waals surface area (Å²) in [5, 5.41) is 5.65. The highest BCUT2D eigenvalue weighted by Crippen LogP contribution is 2.20. The highest BCUT2D eigenvalue weighted by atomic mass is 19.1. The lowest BCUT2D eigenvalue weighted by molar-refractivity contribution is -0.116. The second-order valence-corrected chi connectivity index (χ2v) is 5.93.